The molecule has 1 saturated heterocycles. The van der Waals surface area contributed by atoms with Crippen molar-refractivity contribution in [2.75, 3.05) is 6.73 Å². The maximum atomic E-state index is 10.9. The van der Waals surface area contributed by atoms with E-state index in [-0.39, 0.29) is 5.91 Å². The van der Waals surface area contributed by atoms with E-state index in [1.807, 2.05) is 0 Å². The first-order valence-electron chi connectivity index (χ1n) is 3.36. The third-order valence-corrected chi connectivity index (χ3v) is 1.81. The summed E-state index contributed by atoms with van der Waals surface area (Å²) < 4.78 is 0. The van der Waals surface area contributed by atoms with Gasteiger partial charge in [-0.2, -0.15) is 0 Å². The van der Waals surface area contributed by atoms with E-state index < -0.39 is 18.7 Å². The fourth-order valence-electron chi connectivity index (χ4n) is 1.21. The van der Waals surface area contributed by atoms with Gasteiger partial charge in [-0.3, -0.25) is 9.59 Å². The summed E-state index contributed by atoms with van der Waals surface area (Å²) in [5.74, 6) is -0.763. The molecule has 5 nitrogen and oxygen atoms in total. The highest BCUT2D eigenvalue weighted by Gasteiger charge is 2.33. The average molecular weight is 158 g/mol. The number of likely N-dealkylation sites (tertiary alicyclic amines) is 1. The normalized spacial score (nSPS) is 24.3. The number of hydrogen-bond acceptors (Lipinski definition) is 3. The SMILES string of the molecule is NC(=O)C1CCC(=O)N1CO. The van der Waals surface area contributed by atoms with Gasteiger partial charge in [0.25, 0.3) is 0 Å². The fraction of sp³-hybridized carbons (Fsp3) is 0.667. The molecule has 3 N–H and O–H groups in total. The molecule has 0 bridgehead atoms. The molecule has 1 heterocycles. The second-order valence-corrected chi connectivity index (χ2v) is 2.46. The molecular formula is C6H10N2O3. The Morgan fingerprint density at radius 2 is 2.45 bits per heavy atom. The van der Waals surface area contributed by atoms with Crippen molar-refractivity contribution in [1.29, 1.82) is 0 Å². The number of amides is 2. The molecule has 0 aromatic heterocycles. The second kappa shape index (κ2) is 2.87. The van der Waals surface area contributed by atoms with Crippen LogP contribution in [0.15, 0.2) is 0 Å². The number of aliphatic hydroxyl groups is 1. The fourth-order valence-corrected chi connectivity index (χ4v) is 1.21. The summed E-state index contributed by atoms with van der Waals surface area (Å²) in [7, 11) is 0. The molecule has 11 heavy (non-hydrogen) atoms. The predicted octanol–water partition coefficient (Wildman–Crippen LogP) is -1.59. The van der Waals surface area contributed by atoms with Crippen molar-refractivity contribution in [3.63, 3.8) is 0 Å². The number of rotatable bonds is 2. The molecule has 1 atom stereocenters. The Labute approximate surface area is 63.8 Å². The minimum absolute atomic E-state index is 0.212. The summed E-state index contributed by atoms with van der Waals surface area (Å²) in [5, 5.41) is 8.65. The number of carbonyl (C=O) groups is 2. The highest BCUT2D eigenvalue weighted by atomic mass is 16.3. The van der Waals surface area contributed by atoms with E-state index in [2.05, 4.69) is 0 Å². The van der Waals surface area contributed by atoms with Crippen molar-refractivity contribution in [2.45, 2.75) is 18.9 Å². The first-order valence-corrected chi connectivity index (χ1v) is 3.36. The van der Waals surface area contributed by atoms with E-state index in [0.717, 1.165) is 4.90 Å². The molecule has 1 fully saturated rings. The van der Waals surface area contributed by atoms with Gasteiger partial charge in [-0.1, -0.05) is 0 Å². The highest BCUT2D eigenvalue weighted by Crippen LogP contribution is 2.16. The Bertz CT molecular complexity index is 192. The maximum Gasteiger partial charge on any atom is 0.240 e. The van der Waals surface area contributed by atoms with Crippen LogP contribution in [0.1, 0.15) is 12.8 Å². The molecule has 1 aliphatic rings. The second-order valence-electron chi connectivity index (χ2n) is 2.46. The summed E-state index contributed by atoms with van der Waals surface area (Å²) in [4.78, 5) is 22.6. The molecule has 62 valence electrons. The molecule has 1 aliphatic heterocycles. The quantitative estimate of drug-likeness (QED) is 0.508. The Morgan fingerprint density at radius 1 is 1.82 bits per heavy atom. The van der Waals surface area contributed by atoms with Gasteiger partial charge in [0.15, 0.2) is 0 Å². The average Bonchev–Trinajstić information content (AvgIpc) is 2.30. The van der Waals surface area contributed by atoms with Gasteiger partial charge >= 0.3 is 0 Å². The van der Waals surface area contributed by atoms with Crippen LogP contribution in [-0.2, 0) is 9.59 Å². The molecule has 0 radical (unpaired) electrons. The molecule has 0 spiro atoms. The predicted molar refractivity (Wildman–Crippen MR) is 36.1 cm³/mol. The molecule has 0 aromatic carbocycles. The van der Waals surface area contributed by atoms with Crippen molar-refractivity contribution in [2.24, 2.45) is 5.73 Å². The van der Waals surface area contributed by atoms with Gasteiger partial charge in [0.2, 0.25) is 11.8 Å². The van der Waals surface area contributed by atoms with Gasteiger partial charge in [-0.25, -0.2) is 0 Å². The van der Waals surface area contributed by atoms with Crippen LogP contribution >= 0.6 is 0 Å². The van der Waals surface area contributed by atoms with Crippen LogP contribution in [0.25, 0.3) is 0 Å². The van der Waals surface area contributed by atoms with Crippen LogP contribution in [0.3, 0.4) is 0 Å². The molecule has 0 saturated carbocycles. The summed E-state index contributed by atoms with van der Waals surface area (Å²) in [6.07, 6.45) is 0.725. The van der Waals surface area contributed by atoms with Crippen molar-refractivity contribution >= 4 is 11.8 Å². The van der Waals surface area contributed by atoms with Gasteiger partial charge < -0.3 is 15.7 Å². The summed E-state index contributed by atoms with van der Waals surface area (Å²) in [6, 6.07) is -0.604. The Morgan fingerprint density at radius 3 is 2.82 bits per heavy atom. The van der Waals surface area contributed by atoms with E-state index in [4.69, 9.17) is 10.8 Å². The van der Waals surface area contributed by atoms with Crippen LogP contribution in [0.5, 0.6) is 0 Å². The first kappa shape index (κ1) is 8.00. The molecule has 1 rings (SSSR count). The van der Waals surface area contributed by atoms with Crippen LogP contribution in [0.2, 0.25) is 0 Å². The largest absolute Gasteiger partial charge is 0.376 e. The van der Waals surface area contributed by atoms with Crippen LogP contribution < -0.4 is 5.73 Å². The van der Waals surface area contributed by atoms with Crippen molar-refractivity contribution in [3.8, 4) is 0 Å². The Hall–Kier alpha value is -1.10. The Kier molecular flexibility index (Phi) is 2.09. The van der Waals surface area contributed by atoms with Gasteiger partial charge in [0.05, 0.1) is 0 Å². The zero-order chi connectivity index (χ0) is 8.43. The number of carbonyl (C=O) groups excluding carboxylic acids is 2. The van der Waals surface area contributed by atoms with Crippen LogP contribution in [0.4, 0.5) is 0 Å². The lowest BCUT2D eigenvalue weighted by atomic mass is 10.2. The number of aliphatic hydroxyl groups excluding tert-OH is 1. The van der Waals surface area contributed by atoms with Crippen molar-refractivity contribution in [1.82, 2.24) is 4.90 Å². The van der Waals surface area contributed by atoms with E-state index in [1.165, 1.54) is 0 Å². The standard InChI is InChI=1S/C6H10N2O3/c7-6(11)4-1-2-5(10)8(4)3-9/h4,9H,1-3H2,(H2,7,11). The zero-order valence-corrected chi connectivity index (χ0v) is 5.99. The van der Waals surface area contributed by atoms with Gasteiger partial charge in [-0.05, 0) is 6.42 Å². The van der Waals surface area contributed by atoms with E-state index in [0.29, 0.717) is 12.8 Å². The molecule has 5 heteroatoms. The third-order valence-electron chi connectivity index (χ3n) is 1.81. The molecule has 2 amide bonds. The van der Waals surface area contributed by atoms with Crippen molar-refractivity contribution < 1.29 is 14.7 Å². The topological polar surface area (TPSA) is 83.6 Å². The number of hydrogen-bond donors (Lipinski definition) is 2. The van der Waals surface area contributed by atoms with Gasteiger partial charge in [0.1, 0.15) is 12.8 Å². The monoisotopic (exact) mass is 158 g/mol. The lowest BCUT2D eigenvalue weighted by Crippen LogP contribution is -2.42. The summed E-state index contributed by atoms with van der Waals surface area (Å²) in [5.41, 5.74) is 4.98. The summed E-state index contributed by atoms with van der Waals surface area (Å²) >= 11 is 0. The maximum absolute atomic E-state index is 10.9. The number of nitrogens with zero attached hydrogens (tertiary/aromatic N) is 1. The number of nitrogens with two attached hydrogens (primary N) is 1. The minimum Gasteiger partial charge on any atom is -0.376 e. The highest BCUT2D eigenvalue weighted by molar-refractivity contribution is 5.89. The van der Waals surface area contributed by atoms with E-state index >= 15 is 0 Å². The zero-order valence-electron chi connectivity index (χ0n) is 5.99. The van der Waals surface area contributed by atoms with E-state index in [9.17, 15) is 9.59 Å². The Balaban J connectivity index is 2.68. The molecule has 0 aliphatic carbocycles. The van der Waals surface area contributed by atoms with Gasteiger partial charge in [-0.15, -0.1) is 0 Å². The van der Waals surface area contributed by atoms with Crippen LogP contribution in [0, 0.1) is 0 Å². The summed E-state index contributed by atoms with van der Waals surface area (Å²) in [6.45, 7) is -0.424. The molecular weight excluding hydrogens is 148 g/mol. The smallest absolute Gasteiger partial charge is 0.240 e. The molecule has 0 aromatic rings. The van der Waals surface area contributed by atoms with E-state index in [1.54, 1.807) is 0 Å². The lowest BCUT2D eigenvalue weighted by Gasteiger charge is -2.18. The minimum atomic E-state index is -0.604. The van der Waals surface area contributed by atoms with Gasteiger partial charge in [0, 0.05) is 6.42 Å². The van der Waals surface area contributed by atoms with Crippen LogP contribution in [-0.4, -0.2) is 34.6 Å². The lowest BCUT2D eigenvalue weighted by molar-refractivity contribution is -0.137. The number of primary amides is 1. The third kappa shape index (κ3) is 1.32. The molecule has 1 unspecified atom stereocenters. The first-order chi connectivity index (χ1) is 5.16. The van der Waals surface area contributed by atoms with Crippen molar-refractivity contribution in [3.05, 3.63) is 0 Å².